The smallest absolute Gasteiger partial charge is 0.261 e. The highest BCUT2D eigenvalue weighted by Crippen LogP contribution is 2.22. The molecule has 0 N–H and O–H groups in total. The number of hydrogen-bond donors (Lipinski definition) is 0. The molecule has 0 aromatic heterocycles. The third kappa shape index (κ3) is 5.47. The molecule has 144 valence electrons. The quantitative estimate of drug-likeness (QED) is 0.737. The van der Waals surface area contributed by atoms with E-state index in [9.17, 15) is 13.2 Å². The van der Waals surface area contributed by atoms with Gasteiger partial charge < -0.3 is 9.64 Å². The first-order valence-electron chi connectivity index (χ1n) is 8.76. The fourth-order valence-electron chi connectivity index (χ4n) is 3.12. The van der Waals surface area contributed by atoms with Crippen molar-refractivity contribution in [3.05, 3.63) is 64.7 Å². The number of rotatable bonds is 6. The van der Waals surface area contributed by atoms with Crippen LogP contribution in [0.1, 0.15) is 17.5 Å². The lowest BCUT2D eigenvalue weighted by Gasteiger charge is -2.28. The Labute approximate surface area is 164 Å². The fourth-order valence-corrected chi connectivity index (χ4v) is 5.03. The first-order chi connectivity index (χ1) is 12.8. The number of ether oxygens (including phenoxy) is 1. The van der Waals surface area contributed by atoms with Crippen LogP contribution >= 0.6 is 11.6 Å². The van der Waals surface area contributed by atoms with Gasteiger partial charge in [0, 0.05) is 17.6 Å². The molecule has 1 heterocycles. The van der Waals surface area contributed by atoms with E-state index in [2.05, 4.69) is 0 Å². The van der Waals surface area contributed by atoms with E-state index in [4.69, 9.17) is 16.3 Å². The summed E-state index contributed by atoms with van der Waals surface area (Å²) >= 11 is 5.94. The van der Waals surface area contributed by atoms with Gasteiger partial charge in [-0.2, -0.15) is 0 Å². The molecule has 1 aliphatic heterocycles. The molecule has 7 heteroatoms. The topological polar surface area (TPSA) is 63.7 Å². The number of halogens is 1. The molecule has 0 radical (unpaired) electrons. The summed E-state index contributed by atoms with van der Waals surface area (Å²) in [6, 6.07) is 14.4. The number of sulfone groups is 1. The van der Waals surface area contributed by atoms with Gasteiger partial charge in [-0.25, -0.2) is 8.42 Å². The molecule has 2 aromatic rings. The highest BCUT2D eigenvalue weighted by molar-refractivity contribution is 7.91. The predicted octanol–water partition coefficient (Wildman–Crippen LogP) is 3.24. The molecule has 1 amide bonds. The van der Waals surface area contributed by atoms with Gasteiger partial charge in [-0.3, -0.25) is 4.79 Å². The molecular formula is C20H22ClNO4S. The lowest BCUT2D eigenvalue weighted by Crippen LogP contribution is -2.43. The van der Waals surface area contributed by atoms with Crippen LogP contribution in [0.25, 0.3) is 0 Å². The van der Waals surface area contributed by atoms with E-state index in [-0.39, 0.29) is 30.1 Å². The van der Waals surface area contributed by atoms with Crippen LogP contribution in [0.5, 0.6) is 5.75 Å². The Kier molecular flexibility index (Phi) is 6.07. The average Bonchev–Trinajstić information content (AvgIpc) is 2.99. The molecule has 0 aliphatic carbocycles. The van der Waals surface area contributed by atoms with Gasteiger partial charge in [-0.15, -0.1) is 0 Å². The summed E-state index contributed by atoms with van der Waals surface area (Å²) in [5, 5.41) is 0.526. The first-order valence-corrected chi connectivity index (χ1v) is 11.0. The van der Waals surface area contributed by atoms with E-state index in [1.807, 2.05) is 31.2 Å². The Balaban J connectivity index is 1.73. The normalized spacial score (nSPS) is 18.2. The van der Waals surface area contributed by atoms with Crippen molar-refractivity contribution in [2.75, 3.05) is 18.1 Å². The van der Waals surface area contributed by atoms with E-state index in [1.54, 1.807) is 29.2 Å². The van der Waals surface area contributed by atoms with E-state index in [0.29, 0.717) is 23.7 Å². The number of carbonyl (C=O) groups excluding carboxylic acids is 1. The van der Waals surface area contributed by atoms with Crippen molar-refractivity contribution in [2.24, 2.45) is 0 Å². The van der Waals surface area contributed by atoms with Gasteiger partial charge in [0.15, 0.2) is 16.4 Å². The third-order valence-corrected chi connectivity index (χ3v) is 6.59. The van der Waals surface area contributed by atoms with Gasteiger partial charge in [-0.1, -0.05) is 47.5 Å². The van der Waals surface area contributed by atoms with E-state index in [0.717, 1.165) is 11.1 Å². The van der Waals surface area contributed by atoms with Gasteiger partial charge in [0.25, 0.3) is 5.91 Å². The minimum absolute atomic E-state index is 0.00175. The molecule has 0 bridgehead atoms. The summed E-state index contributed by atoms with van der Waals surface area (Å²) in [4.78, 5) is 14.5. The van der Waals surface area contributed by atoms with Crippen LogP contribution in [0.2, 0.25) is 5.02 Å². The summed E-state index contributed by atoms with van der Waals surface area (Å²) in [5.41, 5.74) is 2.09. The van der Waals surface area contributed by atoms with Crippen LogP contribution in [0, 0.1) is 6.92 Å². The molecule has 1 fully saturated rings. The highest BCUT2D eigenvalue weighted by Gasteiger charge is 2.34. The molecule has 0 spiro atoms. The van der Waals surface area contributed by atoms with Crippen molar-refractivity contribution in [1.29, 1.82) is 0 Å². The van der Waals surface area contributed by atoms with Crippen molar-refractivity contribution < 1.29 is 17.9 Å². The van der Waals surface area contributed by atoms with Gasteiger partial charge in [0.05, 0.1) is 11.5 Å². The summed E-state index contributed by atoms with van der Waals surface area (Å²) in [5.74, 6) is 0.384. The van der Waals surface area contributed by atoms with Gasteiger partial charge in [0.1, 0.15) is 5.75 Å². The fraction of sp³-hybridized carbons (Fsp3) is 0.350. The molecule has 1 saturated heterocycles. The Bertz CT molecular complexity index is 912. The standard InChI is InChI=1S/C20H22ClNO4S/c1-15-5-7-16(8-6-15)12-22(18-9-10-27(24,25)14-18)20(23)13-26-19-4-2-3-17(21)11-19/h2-8,11,18H,9-10,12-14H2,1H3. The third-order valence-electron chi connectivity index (χ3n) is 4.60. The van der Waals surface area contributed by atoms with Crippen molar-refractivity contribution in [2.45, 2.75) is 25.9 Å². The minimum atomic E-state index is -3.10. The zero-order valence-corrected chi connectivity index (χ0v) is 16.7. The summed E-state index contributed by atoms with van der Waals surface area (Å²) in [6.45, 7) is 2.19. The maximum absolute atomic E-state index is 12.8. The zero-order chi connectivity index (χ0) is 19.4. The molecule has 0 saturated carbocycles. The van der Waals surface area contributed by atoms with Crippen LogP contribution in [0.3, 0.4) is 0 Å². The van der Waals surface area contributed by atoms with E-state index in [1.165, 1.54) is 0 Å². The van der Waals surface area contributed by atoms with Gasteiger partial charge in [0.2, 0.25) is 0 Å². The lowest BCUT2D eigenvalue weighted by molar-refractivity contribution is -0.136. The number of carbonyl (C=O) groups is 1. The largest absolute Gasteiger partial charge is 0.484 e. The molecule has 1 aliphatic rings. The SMILES string of the molecule is Cc1ccc(CN(C(=O)COc2cccc(Cl)c2)C2CCS(=O)(=O)C2)cc1. The second-order valence-corrected chi connectivity index (χ2v) is 9.48. The molecule has 3 rings (SSSR count). The van der Waals surface area contributed by atoms with Crippen molar-refractivity contribution in [3.63, 3.8) is 0 Å². The molecule has 2 aromatic carbocycles. The van der Waals surface area contributed by atoms with Gasteiger partial charge in [-0.05, 0) is 37.1 Å². The van der Waals surface area contributed by atoms with Crippen LogP contribution in [-0.2, 0) is 21.2 Å². The first kappa shape index (κ1) is 19.7. The maximum Gasteiger partial charge on any atom is 0.261 e. The minimum Gasteiger partial charge on any atom is -0.484 e. The summed E-state index contributed by atoms with van der Waals surface area (Å²) < 4.78 is 29.4. The van der Waals surface area contributed by atoms with Gasteiger partial charge >= 0.3 is 0 Å². The van der Waals surface area contributed by atoms with Crippen LogP contribution in [0.15, 0.2) is 48.5 Å². The Morgan fingerprint density at radius 3 is 2.59 bits per heavy atom. The Morgan fingerprint density at radius 1 is 1.22 bits per heavy atom. The number of hydrogen-bond acceptors (Lipinski definition) is 4. The molecule has 27 heavy (non-hydrogen) atoms. The summed E-state index contributed by atoms with van der Waals surface area (Å²) in [6.07, 6.45) is 0.455. The van der Waals surface area contributed by atoms with E-state index >= 15 is 0 Å². The number of nitrogens with zero attached hydrogens (tertiary/aromatic N) is 1. The monoisotopic (exact) mass is 407 g/mol. The average molecular weight is 408 g/mol. The van der Waals surface area contributed by atoms with Crippen molar-refractivity contribution in [1.82, 2.24) is 4.90 Å². The maximum atomic E-state index is 12.8. The lowest BCUT2D eigenvalue weighted by atomic mass is 10.1. The van der Waals surface area contributed by atoms with Crippen LogP contribution in [0.4, 0.5) is 0 Å². The van der Waals surface area contributed by atoms with E-state index < -0.39 is 9.84 Å². The second kappa shape index (κ2) is 8.31. The Hall–Kier alpha value is -2.05. The molecular weight excluding hydrogens is 386 g/mol. The van der Waals surface area contributed by atoms with Crippen molar-refractivity contribution >= 4 is 27.3 Å². The zero-order valence-electron chi connectivity index (χ0n) is 15.1. The van der Waals surface area contributed by atoms with Crippen LogP contribution < -0.4 is 4.74 Å². The molecule has 1 atom stereocenters. The highest BCUT2D eigenvalue weighted by atomic mass is 35.5. The predicted molar refractivity (Wildman–Crippen MR) is 106 cm³/mol. The summed E-state index contributed by atoms with van der Waals surface area (Å²) in [7, 11) is -3.10. The second-order valence-electron chi connectivity index (χ2n) is 6.81. The molecule has 1 unspecified atom stereocenters. The Morgan fingerprint density at radius 2 is 1.96 bits per heavy atom. The van der Waals surface area contributed by atoms with Crippen molar-refractivity contribution in [3.8, 4) is 5.75 Å². The number of amides is 1. The molecule has 5 nitrogen and oxygen atoms in total. The van der Waals surface area contributed by atoms with Crippen LogP contribution in [-0.4, -0.2) is 43.4 Å². The number of benzene rings is 2. The number of aryl methyl sites for hydroxylation is 1.